The van der Waals surface area contributed by atoms with Gasteiger partial charge in [-0.15, -0.1) is 0 Å². The van der Waals surface area contributed by atoms with Crippen LogP contribution in [0.5, 0.6) is 0 Å². The molecule has 0 aromatic rings. The molecule has 4 atom stereocenters. The Morgan fingerprint density at radius 3 is 0.931 bits per heavy atom. The van der Waals surface area contributed by atoms with Crippen LogP contribution in [0.25, 0.3) is 0 Å². The Kier molecular flexibility index (Phi) is 8.24. The molecule has 0 bridgehead atoms. The van der Waals surface area contributed by atoms with Gasteiger partial charge in [0.2, 0.25) is 0 Å². The maximum Gasteiger partial charge on any atom is 0.308 e. The van der Waals surface area contributed by atoms with E-state index in [4.69, 9.17) is 18.9 Å². The molecular weight excluding hydrogens is 380 g/mol. The van der Waals surface area contributed by atoms with E-state index in [0.29, 0.717) is 12.8 Å². The molecule has 1 saturated carbocycles. The molecule has 0 amide bonds. The van der Waals surface area contributed by atoms with Crippen LogP contribution in [0, 0.1) is 34.5 Å². The second kappa shape index (κ2) is 9.59. The van der Waals surface area contributed by atoms with Gasteiger partial charge < -0.3 is 18.9 Å². The van der Waals surface area contributed by atoms with Crippen molar-refractivity contribution in [2.75, 3.05) is 28.4 Å². The van der Waals surface area contributed by atoms with E-state index in [-0.39, 0.29) is 6.42 Å². The molecular formula is C21H34O8. The zero-order valence-electron chi connectivity index (χ0n) is 18.7. The molecule has 8 heteroatoms. The van der Waals surface area contributed by atoms with E-state index in [1.54, 1.807) is 27.7 Å². The van der Waals surface area contributed by atoms with Gasteiger partial charge in [0, 0.05) is 0 Å². The summed E-state index contributed by atoms with van der Waals surface area (Å²) in [5.41, 5.74) is -1.69. The van der Waals surface area contributed by atoms with Crippen molar-refractivity contribution in [2.24, 2.45) is 34.5 Å². The predicted octanol–water partition coefficient (Wildman–Crippen LogP) is 2.38. The molecule has 1 rings (SSSR count). The maximum atomic E-state index is 12.5. The van der Waals surface area contributed by atoms with Crippen LogP contribution in [0.2, 0.25) is 0 Å². The van der Waals surface area contributed by atoms with Crippen molar-refractivity contribution in [3.63, 3.8) is 0 Å². The smallest absolute Gasteiger partial charge is 0.308 e. The summed E-state index contributed by atoms with van der Waals surface area (Å²) in [7, 11) is 5.19. The van der Waals surface area contributed by atoms with Gasteiger partial charge in [0.1, 0.15) is 0 Å². The average Bonchev–Trinajstić information content (AvgIpc) is 3.17. The van der Waals surface area contributed by atoms with Crippen molar-refractivity contribution in [1.29, 1.82) is 0 Å². The van der Waals surface area contributed by atoms with E-state index >= 15 is 0 Å². The van der Waals surface area contributed by atoms with Gasteiger partial charge in [-0.2, -0.15) is 0 Å². The first-order valence-corrected chi connectivity index (χ1v) is 9.80. The number of esters is 4. The Morgan fingerprint density at radius 2 is 0.759 bits per heavy atom. The van der Waals surface area contributed by atoms with Crippen LogP contribution in [0.1, 0.15) is 47.0 Å². The van der Waals surface area contributed by atoms with Crippen molar-refractivity contribution >= 4 is 23.9 Å². The molecule has 8 nitrogen and oxygen atoms in total. The molecule has 166 valence electrons. The van der Waals surface area contributed by atoms with Crippen molar-refractivity contribution in [3.05, 3.63) is 0 Å². The van der Waals surface area contributed by atoms with Crippen molar-refractivity contribution in [1.82, 2.24) is 0 Å². The van der Waals surface area contributed by atoms with E-state index in [1.807, 2.05) is 0 Å². The van der Waals surface area contributed by atoms with Crippen LogP contribution >= 0.6 is 0 Å². The lowest BCUT2D eigenvalue weighted by Gasteiger charge is -2.43. The molecule has 1 aliphatic carbocycles. The van der Waals surface area contributed by atoms with Crippen LogP contribution in [0.3, 0.4) is 0 Å². The van der Waals surface area contributed by atoms with Crippen LogP contribution in [0.15, 0.2) is 0 Å². The molecule has 1 aliphatic rings. The topological polar surface area (TPSA) is 105 Å². The second-order valence-electron chi connectivity index (χ2n) is 8.12. The van der Waals surface area contributed by atoms with E-state index in [1.165, 1.54) is 28.4 Å². The highest BCUT2D eigenvalue weighted by Crippen LogP contribution is 2.63. The van der Waals surface area contributed by atoms with E-state index in [2.05, 4.69) is 0 Å². The normalized spacial score (nSPS) is 27.9. The van der Waals surface area contributed by atoms with Gasteiger partial charge in [-0.25, -0.2) is 0 Å². The van der Waals surface area contributed by atoms with Gasteiger partial charge in [0.25, 0.3) is 0 Å². The number of carbonyl (C=O) groups is 4. The minimum Gasteiger partial charge on any atom is -0.469 e. The van der Waals surface area contributed by atoms with E-state index < -0.39 is 58.4 Å². The lowest BCUT2D eigenvalue weighted by atomic mass is 9.60. The van der Waals surface area contributed by atoms with Crippen LogP contribution in [-0.2, 0) is 38.1 Å². The van der Waals surface area contributed by atoms with Gasteiger partial charge in [-0.1, -0.05) is 27.7 Å². The first-order valence-electron chi connectivity index (χ1n) is 9.80. The number of ether oxygens (including phenoxy) is 4. The quantitative estimate of drug-likeness (QED) is 0.440. The summed E-state index contributed by atoms with van der Waals surface area (Å²) in [6, 6.07) is 0. The van der Waals surface area contributed by atoms with Crippen molar-refractivity contribution in [2.45, 2.75) is 47.0 Å². The zero-order valence-corrected chi connectivity index (χ0v) is 18.7. The fraction of sp³-hybridized carbons (Fsp3) is 0.810. The first-order chi connectivity index (χ1) is 13.5. The van der Waals surface area contributed by atoms with Crippen LogP contribution < -0.4 is 0 Å². The second-order valence-corrected chi connectivity index (χ2v) is 8.12. The summed E-state index contributed by atoms with van der Waals surface area (Å²) in [6.07, 6.45) is 1.17. The maximum absolute atomic E-state index is 12.5. The predicted molar refractivity (Wildman–Crippen MR) is 103 cm³/mol. The SMILES string of the molecule is COC(=O)C(C)C1(C(C)C(=O)OC)CCC(C(C)C(=O)OC)(C(C)C(=O)OC)C1. The number of hydrogen-bond donors (Lipinski definition) is 0. The molecule has 1 fully saturated rings. The summed E-state index contributed by atoms with van der Waals surface area (Å²) < 4.78 is 19.9. The summed E-state index contributed by atoms with van der Waals surface area (Å²) in [6.45, 7) is 6.86. The highest BCUT2D eigenvalue weighted by atomic mass is 16.5. The third-order valence-corrected chi connectivity index (χ3v) is 7.38. The number of methoxy groups -OCH3 is 4. The monoisotopic (exact) mass is 414 g/mol. The average molecular weight is 414 g/mol. The van der Waals surface area contributed by atoms with Gasteiger partial charge in [0.15, 0.2) is 0 Å². The zero-order chi connectivity index (χ0) is 22.6. The lowest BCUT2D eigenvalue weighted by molar-refractivity contribution is -0.162. The minimum absolute atomic E-state index is 0.277. The molecule has 4 unspecified atom stereocenters. The molecule has 0 heterocycles. The molecule has 0 saturated heterocycles. The van der Waals surface area contributed by atoms with Gasteiger partial charge in [0.05, 0.1) is 52.1 Å². The van der Waals surface area contributed by atoms with Crippen molar-refractivity contribution in [3.8, 4) is 0 Å². The van der Waals surface area contributed by atoms with E-state index in [0.717, 1.165) is 0 Å². The summed E-state index contributed by atoms with van der Waals surface area (Å²) >= 11 is 0. The first kappa shape index (κ1) is 24.9. The molecule has 0 N–H and O–H groups in total. The molecule has 0 aromatic carbocycles. The minimum atomic E-state index is -0.843. The fourth-order valence-corrected chi connectivity index (χ4v) is 5.13. The lowest BCUT2D eigenvalue weighted by Crippen LogP contribution is -2.47. The Bertz CT molecular complexity index is 543. The molecule has 0 aromatic heterocycles. The number of rotatable bonds is 8. The highest BCUT2D eigenvalue weighted by molar-refractivity contribution is 5.80. The molecule has 0 spiro atoms. The van der Waals surface area contributed by atoms with Gasteiger partial charge >= 0.3 is 23.9 Å². The summed E-state index contributed by atoms with van der Waals surface area (Å²) in [5, 5.41) is 0. The Labute approximate surface area is 172 Å². The summed E-state index contributed by atoms with van der Waals surface area (Å²) in [4.78, 5) is 50.0. The number of carbonyl (C=O) groups excluding carboxylic acids is 4. The standard InChI is InChI=1S/C21H34O8/c1-12(16(22)26-5)20(13(2)17(23)27-6)9-10-21(11-20,14(3)18(24)28-7)15(4)19(25)29-8/h12-15H,9-11H2,1-8H3. The third-order valence-electron chi connectivity index (χ3n) is 7.38. The van der Waals surface area contributed by atoms with Crippen LogP contribution in [0.4, 0.5) is 0 Å². The summed E-state index contributed by atoms with van der Waals surface area (Å²) in [5.74, 6) is -4.37. The third kappa shape index (κ3) is 4.26. The Balaban J connectivity index is 3.60. The fourth-order valence-electron chi connectivity index (χ4n) is 5.13. The highest BCUT2D eigenvalue weighted by Gasteiger charge is 2.62. The molecule has 29 heavy (non-hydrogen) atoms. The number of hydrogen-bond acceptors (Lipinski definition) is 8. The van der Waals surface area contributed by atoms with E-state index in [9.17, 15) is 19.2 Å². The van der Waals surface area contributed by atoms with Gasteiger partial charge in [-0.3, -0.25) is 19.2 Å². The Hall–Kier alpha value is -2.12. The molecule has 0 radical (unpaired) electrons. The van der Waals surface area contributed by atoms with Crippen LogP contribution in [-0.4, -0.2) is 52.3 Å². The molecule has 0 aliphatic heterocycles. The van der Waals surface area contributed by atoms with Crippen molar-refractivity contribution < 1.29 is 38.1 Å². The van der Waals surface area contributed by atoms with Gasteiger partial charge in [-0.05, 0) is 30.1 Å². The Morgan fingerprint density at radius 1 is 0.552 bits per heavy atom. The largest absolute Gasteiger partial charge is 0.469 e.